The Bertz CT molecular complexity index is 880. The van der Waals surface area contributed by atoms with Gasteiger partial charge in [-0.1, -0.05) is 32.9 Å². The molecule has 3 aromatic rings. The highest BCUT2D eigenvalue weighted by Crippen LogP contribution is 2.25. The Morgan fingerprint density at radius 3 is 2.69 bits per heavy atom. The number of benzene rings is 1. The van der Waals surface area contributed by atoms with Crippen molar-refractivity contribution in [2.45, 2.75) is 32.8 Å². The fourth-order valence-electron chi connectivity index (χ4n) is 2.37. The fourth-order valence-corrected chi connectivity index (χ4v) is 2.37. The number of rotatable bonds is 5. The van der Waals surface area contributed by atoms with Crippen LogP contribution < -0.4 is 10.1 Å². The van der Waals surface area contributed by atoms with Crippen LogP contribution in [0.2, 0.25) is 0 Å². The average molecular weight is 350 g/mol. The summed E-state index contributed by atoms with van der Waals surface area (Å²) >= 11 is 0. The molecule has 3 rings (SSSR count). The van der Waals surface area contributed by atoms with E-state index in [1.165, 1.54) is 0 Å². The highest BCUT2D eigenvalue weighted by atomic mass is 16.5. The summed E-state index contributed by atoms with van der Waals surface area (Å²) in [6, 6.07) is 14.6. The highest BCUT2D eigenvalue weighted by Gasteiger charge is 2.20. The summed E-state index contributed by atoms with van der Waals surface area (Å²) in [4.78, 5) is 16.5. The molecule has 0 aliphatic carbocycles. The van der Waals surface area contributed by atoms with Crippen LogP contribution in [0.5, 0.6) is 5.75 Å². The number of nitrogens with one attached hydrogen (secondary N) is 1. The molecule has 0 unspecified atom stereocenters. The summed E-state index contributed by atoms with van der Waals surface area (Å²) in [7, 11) is 0. The van der Waals surface area contributed by atoms with E-state index in [2.05, 4.69) is 10.3 Å². The van der Waals surface area contributed by atoms with Gasteiger partial charge in [-0.3, -0.25) is 9.78 Å². The van der Waals surface area contributed by atoms with Crippen molar-refractivity contribution in [2.75, 3.05) is 5.32 Å². The average Bonchev–Trinajstić information content (AvgIpc) is 3.12. The van der Waals surface area contributed by atoms with Gasteiger partial charge in [-0.25, -0.2) is 0 Å². The first-order valence-electron chi connectivity index (χ1n) is 8.45. The van der Waals surface area contributed by atoms with Crippen LogP contribution in [0.4, 0.5) is 5.69 Å². The van der Waals surface area contributed by atoms with E-state index in [4.69, 9.17) is 9.15 Å². The third-order valence-corrected chi connectivity index (χ3v) is 3.79. The van der Waals surface area contributed by atoms with Gasteiger partial charge in [0.05, 0.1) is 0 Å². The Morgan fingerprint density at radius 2 is 2.00 bits per heavy atom. The molecule has 26 heavy (non-hydrogen) atoms. The van der Waals surface area contributed by atoms with Gasteiger partial charge in [0.15, 0.2) is 5.76 Å². The summed E-state index contributed by atoms with van der Waals surface area (Å²) < 4.78 is 11.4. The van der Waals surface area contributed by atoms with Gasteiger partial charge in [0, 0.05) is 35.1 Å². The molecule has 1 aromatic carbocycles. The van der Waals surface area contributed by atoms with Crippen LogP contribution in [-0.2, 0) is 12.0 Å². The Balaban J connectivity index is 1.64. The van der Waals surface area contributed by atoms with Crippen molar-refractivity contribution in [1.29, 1.82) is 0 Å². The van der Waals surface area contributed by atoms with Gasteiger partial charge in [-0.15, -0.1) is 0 Å². The van der Waals surface area contributed by atoms with Crippen LogP contribution in [0.25, 0.3) is 0 Å². The molecule has 1 N–H and O–H groups in total. The zero-order chi connectivity index (χ0) is 18.6. The number of hydrogen-bond acceptors (Lipinski definition) is 4. The maximum Gasteiger partial charge on any atom is 0.291 e. The van der Waals surface area contributed by atoms with Crippen molar-refractivity contribution < 1.29 is 13.9 Å². The Morgan fingerprint density at radius 1 is 1.15 bits per heavy atom. The summed E-state index contributed by atoms with van der Waals surface area (Å²) in [6.45, 7) is 6.53. The second-order valence-corrected chi connectivity index (χ2v) is 7.05. The van der Waals surface area contributed by atoms with Crippen molar-refractivity contribution in [3.8, 4) is 5.75 Å². The lowest BCUT2D eigenvalue weighted by Crippen LogP contribution is -2.12. The number of anilines is 1. The zero-order valence-electron chi connectivity index (χ0n) is 15.2. The third kappa shape index (κ3) is 4.51. The monoisotopic (exact) mass is 350 g/mol. The second-order valence-electron chi connectivity index (χ2n) is 7.05. The predicted octanol–water partition coefficient (Wildman–Crippen LogP) is 4.80. The van der Waals surface area contributed by atoms with Crippen LogP contribution in [0.1, 0.15) is 42.6 Å². The molecule has 5 heteroatoms. The van der Waals surface area contributed by atoms with Gasteiger partial charge in [-0.05, 0) is 30.3 Å². The summed E-state index contributed by atoms with van der Waals surface area (Å²) in [6.07, 6.45) is 3.48. The number of amides is 1. The Kier molecular flexibility index (Phi) is 5.07. The number of aromatic nitrogens is 1. The standard InChI is InChI=1S/C21H22N2O3/c1-21(2,3)19-10-9-18(26-19)20(24)23-16-7-4-8-17(12-16)25-14-15-6-5-11-22-13-15/h4-13H,14H2,1-3H3,(H,23,24). The van der Waals surface area contributed by atoms with Crippen LogP contribution in [-0.4, -0.2) is 10.9 Å². The number of nitrogens with zero attached hydrogens (tertiary/aromatic N) is 1. The summed E-state index contributed by atoms with van der Waals surface area (Å²) in [5, 5.41) is 2.84. The first-order chi connectivity index (χ1) is 12.4. The van der Waals surface area contributed by atoms with Crippen LogP contribution >= 0.6 is 0 Å². The molecular weight excluding hydrogens is 328 g/mol. The van der Waals surface area contributed by atoms with Crippen LogP contribution in [0, 0.1) is 0 Å². The van der Waals surface area contributed by atoms with E-state index in [1.807, 2.05) is 57.2 Å². The first-order valence-corrected chi connectivity index (χ1v) is 8.45. The van der Waals surface area contributed by atoms with Gasteiger partial charge < -0.3 is 14.5 Å². The molecule has 0 spiro atoms. The lowest BCUT2D eigenvalue weighted by molar-refractivity contribution is 0.0993. The van der Waals surface area contributed by atoms with E-state index in [9.17, 15) is 4.79 Å². The molecule has 0 fully saturated rings. The molecule has 0 aliphatic rings. The topological polar surface area (TPSA) is 64.4 Å². The Hall–Kier alpha value is -3.08. The number of carbonyl (C=O) groups is 1. The van der Waals surface area contributed by atoms with E-state index in [1.54, 1.807) is 24.5 Å². The van der Waals surface area contributed by atoms with E-state index >= 15 is 0 Å². The lowest BCUT2D eigenvalue weighted by atomic mass is 9.94. The minimum atomic E-state index is -0.287. The normalized spacial score (nSPS) is 11.2. The number of pyridine rings is 1. The minimum absolute atomic E-state index is 0.140. The molecule has 2 aromatic heterocycles. The van der Waals surface area contributed by atoms with E-state index in [-0.39, 0.29) is 17.1 Å². The molecule has 0 saturated carbocycles. The van der Waals surface area contributed by atoms with Crippen molar-refractivity contribution >= 4 is 11.6 Å². The molecule has 134 valence electrons. The fraction of sp³-hybridized carbons (Fsp3) is 0.238. The minimum Gasteiger partial charge on any atom is -0.489 e. The molecule has 0 saturated heterocycles. The second kappa shape index (κ2) is 7.44. The maximum atomic E-state index is 12.4. The van der Waals surface area contributed by atoms with Gasteiger partial charge in [-0.2, -0.15) is 0 Å². The van der Waals surface area contributed by atoms with Crippen LogP contribution in [0.3, 0.4) is 0 Å². The van der Waals surface area contributed by atoms with Crippen molar-refractivity contribution in [2.24, 2.45) is 0 Å². The lowest BCUT2D eigenvalue weighted by Gasteiger charge is -2.14. The van der Waals surface area contributed by atoms with Gasteiger partial charge in [0.1, 0.15) is 18.1 Å². The highest BCUT2D eigenvalue weighted by molar-refractivity contribution is 6.02. The number of ether oxygens (including phenoxy) is 1. The van der Waals surface area contributed by atoms with E-state index in [0.29, 0.717) is 18.0 Å². The third-order valence-electron chi connectivity index (χ3n) is 3.79. The number of carbonyl (C=O) groups excluding carboxylic acids is 1. The molecule has 0 bridgehead atoms. The molecule has 1 amide bonds. The molecule has 0 radical (unpaired) electrons. The number of hydrogen-bond donors (Lipinski definition) is 1. The molecule has 0 aliphatic heterocycles. The molecule has 5 nitrogen and oxygen atoms in total. The van der Waals surface area contributed by atoms with E-state index in [0.717, 1.165) is 11.3 Å². The summed E-state index contributed by atoms with van der Waals surface area (Å²) in [5.74, 6) is 1.44. The summed E-state index contributed by atoms with van der Waals surface area (Å²) in [5.41, 5.74) is 1.48. The van der Waals surface area contributed by atoms with Gasteiger partial charge >= 0.3 is 0 Å². The number of furan rings is 1. The zero-order valence-corrected chi connectivity index (χ0v) is 15.2. The SMILES string of the molecule is CC(C)(C)c1ccc(C(=O)Nc2cccc(OCc3cccnc3)c2)o1. The predicted molar refractivity (Wildman–Crippen MR) is 100 cm³/mol. The molecular formula is C21H22N2O3. The smallest absolute Gasteiger partial charge is 0.291 e. The van der Waals surface area contributed by atoms with Crippen molar-refractivity contribution in [3.63, 3.8) is 0 Å². The van der Waals surface area contributed by atoms with Crippen molar-refractivity contribution in [1.82, 2.24) is 4.98 Å². The maximum absolute atomic E-state index is 12.4. The molecule has 0 atom stereocenters. The quantitative estimate of drug-likeness (QED) is 0.717. The van der Waals surface area contributed by atoms with Gasteiger partial charge in [0.2, 0.25) is 0 Å². The van der Waals surface area contributed by atoms with Crippen LogP contribution in [0.15, 0.2) is 65.3 Å². The Labute approximate surface area is 153 Å². The molecule has 2 heterocycles. The first kappa shape index (κ1) is 17.7. The van der Waals surface area contributed by atoms with E-state index < -0.39 is 0 Å². The van der Waals surface area contributed by atoms with Gasteiger partial charge in [0.25, 0.3) is 5.91 Å². The van der Waals surface area contributed by atoms with Crippen molar-refractivity contribution in [3.05, 3.63) is 78.0 Å². The largest absolute Gasteiger partial charge is 0.489 e.